The zero-order valence-corrected chi connectivity index (χ0v) is 21.5. The standard InChI is InChI=1S/C33H29FN2O2/c1-22-10-6-7-13-25(22)20-36-29-15-9-8-14-28(29)33(32(36)38)30(31(37)24-11-4-3-5-12-24)27(21-35(33)2)23-16-18-26(34)19-17-23/h3-19,27,30H,20-21H2,1-2H3/t27-,30+,33+/m1/s1. The zero-order chi connectivity index (χ0) is 26.4. The van der Waals surface area contributed by atoms with Crippen molar-refractivity contribution in [2.24, 2.45) is 5.92 Å². The van der Waals surface area contributed by atoms with Gasteiger partial charge in [0.05, 0.1) is 12.5 Å². The number of anilines is 1. The van der Waals surface area contributed by atoms with E-state index in [1.165, 1.54) is 12.1 Å². The highest BCUT2D eigenvalue weighted by atomic mass is 19.1. The molecule has 0 aliphatic carbocycles. The van der Waals surface area contributed by atoms with Gasteiger partial charge in [0.25, 0.3) is 5.91 Å². The molecule has 4 nitrogen and oxygen atoms in total. The van der Waals surface area contributed by atoms with E-state index in [4.69, 9.17) is 0 Å². The molecule has 4 aromatic rings. The van der Waals surface area contributed by atoms with Gasteiger partial charge in [-0.3, -0.25) is 14.5 Å². The number of likely N-dealkylation sites (tertiary alicyclic amines) is 1. The maximum absolute atomic E-state index is 14.8. The summed E-state index contributed by atoms with van der Waals surface area (Å²) < 4.78 is 13.9. The number of rotatable bonds is 5. The van der Waals surface area contributed by atoms with Crippen LogP contribution in [0.3, 0.4) is 0 Å². The van der Waals surface area contributed by atoms with Crippen molar-refractivity contribution in [3.8, 4) is 0 Å². The van der Waals surface area contributed by atoms with Crippen molar-refractivity contribution >= 4 is 17.4 Å². The van der Waals surface area contributed by atoms with E-state index >= 15 is 0 Å². The van der Waals surface area contributed by atoms with Crippen molar-refractivity contribution in [3.05, 3.63) is 137 Å². The molecular weight excluding hydrogens is 475 g/mol. The summed E-state index contributed by atoms with van der Waals surface area (Å²) in [6.45, 7) is 2.96. The molecule has 5 heteroatoms. The van der Waals surface area contributed by atoms with Gasteiger partial charge in [0.2, 0.25) is 0 Å². The Labute approximate surface area is 222 Å². The largest absolute Gasteiger partial charge is 0.306 e. The second-order valence-electron chi connectivity index (χ2n) is 10.3. The molecule has 0 saturated carbocycles. The van der Waals surface area contributed by atoms with Crippen LogP contribution < -0.4 is 4.90 Å². The molecule has 0 aromatic heterocycles. The second kappa shape index (κ2) is 9.34. The summed E-state index contributed by atoms with van der Waals surface area (Å²) in [5.41, 5.74) is 4.10. The number of aryl methyl sites for hydroxylation is 1. The van der Waals surface area contributed by atoms with Crippen molar-refractivity contribution in [1.82, 2.24) is 4.90 Å². The molecule has 190 valence electrons. The Balaban J connectivity index is 1.54. The number of likely N-dealkylation sites (N-methyl/N-ethyl adjacent to an activating group) is 1. The molecule has 0 radical (unpaired) electrons. The van der Waals surface area contributed by atoms with Crippen LogP contribution in [0.1, 0.15) is 38.5 Å². The monoisotopic (exact) mass is 504 g/mol. The van der Waals surface area contributed by atoms with Crippen LogP contribution in [0.5, 0.6) is 0 Å². The third kappa shape index (κ3) is 3.61. The Morgan fingerprint density at radius 1 is 0.895 bits per heavy atom. The molecule has 2 aliphatic rings. The van der Waals surface area contributed by atoms with Crippen molar-refractivity contribution in [2.45, 2.75) is 24.9 Å². The molecule has 1 spiro atoms. The van der Waals surface area contributed by atoms with Gasteiger partial charge in [-0.2, -0.15) is 0 Å². The van der Waals surface area contributed by atoms with E-state index < -0.39 is 11.5 Å². The Hall–Kier alpha value is -4.09. The van der Waals surface area contributed by atoms with Gasteiger partial charge >= 0.3 is 0 Å². The molecular formula is C33H29FN2O2. The highest BCUT2D eigenvalue weighted by Gasteiger charge is 2.66. The van der Waals surface area contributed by atoms with E-state index in [-0.39, 0.29) is 23.4 Å². The number of halogens is 1. The number of amides is 1. The fraction of sp³-hybridized carbons (Fsp3) is 0.212. The van der Waals surface area contributed by atoms with Crippen LogP contribution in [-0.2, 0) is 16.9 Å². The van der Waals surface area contributed by atoms with Crippen LogP contribution in [0.2, 0.25) is 0 Å². The molecule has 6 rings (SSSR count). The molecule has 1 fully saturated rings. The van der Waals surface area contributed by atoms with E-state index in [2.05, 4.69) is 0 Å². The molecule has 4 aromatic carbocycles. The van der Waals surface area contributed by atoms with E-state index in [0.717, 1.165) is 27.9 Å². The van der Waals surface area contributed by atoms with E-state index in [1.807, 2.05) is 103 Å². The number of fused-ring (bicyclic) bond motifs is 2. The third-order valence-electron chi connectivity index (χ3n) is 8.33. The summed E-state index contributed by atoms with van der Waals surface area (Å²) in [6, 6.07) is 31.5. The van der Waals surface area contributed by atoms with Gasteiger partial charge < -0.3 is 4.90 Å². The van der Waals surface area contributed by atoms with Crippen LogP contribution in [0.25, 0.3) is 0 Å². The number of ketones is 1. The maximum Gasteiger partial charge on any atom is 0.253 e. The Kier molecular flexibility index (Phi) is 5.96. The first kappa shape index (κ1) is 24.3. The lowest BCUT2D eigenvalue weighted by atomic mass is 9.70. The molecule has 1 saturated heterocycles. The maximum atomic E-state index is 14.8. The lowest BCUT2D eigenvalue weighted by Crippen LogP contribution is -2.53. The molecule has 0 unspecified atom stereocenters. The van der Waals surface area contributed by atoms with Crippen LogP contribution >= 0.6 is 0 Å². The molecule has 3 atom stereocenters. The smallest absolute Gasteiger partial charge is 0.253 e. The van der Waals surface area contributed by atoms with Crippen LogP contribution in [0.15, 0.2) is 103 Å². The molecule has 0 bridgehead atoms. The SMILES string of the molecule is Cc1ccccc1CN1C(=O)[C@]2(c3ccccc31)[C@H](C(=O)c1ccccc1)[C@@H](c1ccc(F)cc1)CN2C. The number of Topliss-reactive ketones (excluding diaryl/α,β-unsaturated/α-hetero) is 1. The average Bonchev–Trinajstić information content (AvgIpc) is 3.38. The minimum absolute atomic E-state index is 0.0785. The quantitative estimate of drug-likeness (QED) is 0.308. The van der Waals surface area contributed by atoms with E-state index in [1.54, 1.807) is 12.1 Å². The molecule has 2 aliphatic heterocycles. The summed E-state index contributed by atoms with van der Waals surface area (Å²) in [4.78, 5) is 33.1. The first-order valence-corrected chi connectivity index (χ1v) is 12.9. The number of nitrogens with zero attached hydrogens (tertiary/aromatic N) is 2. The van der Waals surface area contributed by atoms with Crippen molar-refractivity contribution < 1.29 is 14.0 Å². The van der Waals surface area contributed by atoms with Gasteiger partial charge in [-0.15, -0.1) is 0 Å². The number of para-hydroxylation sites is 1. The van der Waals surface area contributed by atoms with Crippen LogP contribution in [-0.4, -0.2) is 30.2 Å². The molecule has 2 heterocycles. The molecule has 1 amide bonds. The van der Waals surface area contributed by atoms with Crippen LogP contribution in [0.4, 0.5) is 10.1 Å². The number of hydrogen-bond donors (Lipinski definition) is 0. The van der Waals surface area contributed by atoms with Gasteiger partial charge in [0.1, 0.15) is 11.4 Å². The van der Waals surface area contributed by atoms with Gasteiger partial charge in [-0.05, 0) is 48.9 Å². The fourth-order valence-electron chi connectivity index (χ4n) is 6.48. The first-order valence-electron chi connectivity index (χ1n) is 12.9. The Morgan fingerprint density at radius 2 is 1.55 bits per heavy atom. The van der Waals surface area contributed by atoms with Crippen molar-refractivity contribution in [3.63, 3.8) is 0 Å². The zero-order valence-electron chi connectivity index (χ0n) is 21.5. The van der Waals surface area contributed by atoms with Crippen molar-refractivity contribution in [2.75, 3.05) is 18.5 Å². The fourth-order valence-corrected chi connectivity index (χ4v) is 6.48. The van der Waals surface area contributed by atoms with E-state index in [0.29, 0.717) is 18.7 Å². The normalized spacial score (nSPS) is 22.7. The lowest BCUT2D eigenvalue weighted by molar-refractivity contribution is -0.129. The minimum atomic E-state index is -1.18. The van der Waals surface area contributed by atoms with Crippen molar-refractivity contribution in [1.29, 1.82) is 0 Å². The summed E-state index contributed by atoms with van der Waals surface area (Å²) in [5.74, 6) is -1.47. The number of benzene rings is 4. The number of carbonyl (C=O) groups is 2. The Morgan fingerprint density at radius 3 is 2.29 bits per heavy atom. The predicted octanol–water partition coefficient (Wildman–Crippen LogP) is 6.10. The lowest BCUT2D eigenvalue weighted by Gasteiger charge is -2.36. The minimum Gasteiger partial charge on any atom is -0.306 e. The number of carbonyl (C=O) groups excluding carboxylic acids is 2. The van der Waals surface area contributed by atoms with Gasteiger partial charge in [0, 0.05) is 29.3 Å². The summed E-state index contributed by atoms with van der Waals surface area (Å²) in [5, 5.41) is 0. The third-order valence-corrected chi connectivity index (χ3v) is 8.33. The predicted molar refractivity (Wildman–Crippen MR) is 147 cm³/mol. The highest BCUT2D eigenvalue weighted by Crippen LogP contribution is 2.57. The average molecular weight is 505 g/mol. The van der Waals surface area contributed by atoms with E-state index in [9.17, 15) is 14.0 Å². The second-order valence-corrected chi connectivity index (χ2v) is 10.3. The Bertz CT molecular complexity index is 1520. The molecule has 38 heavy (non-hydrogen) atoms. The topological polar surface area (TPSA) is 40.6 Å². The summed E-state index contributed by atoms with van der Waals surface area (Å²) in [6.07, 6.45) is 0. The van der Waals surface area contributed by atoms with Gasteiger partial charge in [0.15, 0.2) is 5.78 Å². The summed E-state index contributed by atoms with van der Waals surface area (Å²) >= 11 is 0. The van der Waals surface area contributed by atoms with Gasteiger partial charge in [-0.25, -0.2) is 4.39 Å². The van der Waals surface area contributed by atoms with Crippen LogP contribution in [0, 0.1) is 18.7 Å². The first-order chi connectivity index (χ1) is 18.4. The van der Waals surface area contributed by atoms with Gasteiger partial charge in [-0.1, -0.05) is 84.9 Å². The highest BCUT2D eigenvalue weighted by molar-refractivity contribution is 6.13. The number of hydrogen-bond acceptors (Lipinski definition) is 3. The summed E-state index contributed by atoms with van der Waals surface area (Å²) in [7, 11) is 1.93. The molecule has 0 N–H and O–H groups in total.